The van der Waals surface area contributed by atoms with E-state index in [2.05, 4.69) is 35.8 Å². The predicted octanol–water partition coefficient (Wildman–Crippen LogP) is 1.80. The molecule has 0 N–H and O–H groups in total. The molecule has 3 heteroatoms. The Bertz CT molecular complexity index is 241. The van der Waals surface area contributed by atoms with Crippen LogP contribution in [-0.2, 0) is 0 Å². The van der Waals surface area contributed by atoms with E-state index in [1.165, 1.54) is 38.2 Å². The molecular formula is C12H23N3. The third-order valence-corrected chi connectivity index (χ3v) is 3.62. The molecule has 2 rings (SSSR count). The molecular weight excluding hydrogens is 186 g/mol. The van der Waals surface area contributed by atoms with Gasteiger partial charge in [-0.3, -0.25) is 4.99 Å². The van der Waals surface area contributed by atoms with Crippen molar-refractivity contribution in [1.82, 2.24) is 9.80 Å². The first-order valence-corrected chi connectivity index (χ1v) is 6.17. The number of hydrogen-bond acceptors (Lipinski definition) is 3. The summed E-state index contributed by atoms with van der Waals surface area (Å²) in [6.07, 6.45) is 5.70. The highest BCUT2D eigenvalue weighted by molar-refractivity contribution is 5.81. The maximum Gasteiger partial charge on any atom is 0.196 e. The zero-order valence-electron chi connectivity index (χ0n) is 10.2. The third kappa shape index (κ3) is 2.27. The van der Waals surface area contributed by atoms with Crippen molar-refractivity contribution in [2.45, 2.75) is 38.6 Å². The number of aliphatic imine (C=N–C) groups is 1. The molecule has 3 nitrogen and oxygen atoms in total. The van der Waals surface area contributed by atoms with Gasteiger partial charge in [0.05, 0.1) is 6.54 Å². The topological polar surface area (TPSA) is 18.8 Å². The second-order valence-electron chi connectivity index (χ2n) is 5.19. The summed E-state index contributed by atoms with van der Waals surface area (Å²) in [5.41, 5.74) is 0. The van der Waals surface area contributed by atoms with Gasteiger partial charge in [-0.2, -0.15) is 0 Å². The van der Waals surface area contributed by atoms with Crippen LogP contribution in [0.2, 0.25) is 0 Å². The predicted molar refractivity (Wildman–Crippen MR) is 64.1 cm³/mol. The van der Waals surface area contributed by atoms with Crippen molar-refractivity contribution < 1.29 is 0 Å². The Morgan fingerprint density at radius 1 is 1.33 bits per heavy atom. The van der Waals surface area contributed by atoms with E-state index in [4.69, 9.17) is 0 Å². The van der Waals surface area contributed by atoms with E-state index in [0.29, 0.717) is 6.04 Å². The van der Waals surface area contributed by atoms with Crippen LogP contribution < -0.4 is 0 Å². The summed E-state index contributed by atoms with van der Waals surface area (Å²) in [7, 11) is 4.19. The maximum atomic E-state index is 4.61. The van der Waals surface area contributed by atoms with E-state index in [-0.39, 0.29) is 0 Å². The van der Waals surface area contributed by atoms with Gasteiger partial charge in [-0.1, -0.05) is 12.8 Å². The van der Waals surface area contributed by atoms with Crippen molar-refractivity contribution in [3.05, 3.63) is 0 Å². The summed E-state index contributed by atoms with van der Waals surface area (Å²) in [6, 6.07) is 0.600. The Labute approximate surface area is 93.2 Å². The van der Waals surface area contributed by atoms with Crippen molar-refractivity contribution in [1.29, 1.82) is 0 Å². The quantitative estimate of drug-likeness (QED) is 0.690. The molecule has 1 aliphatic heterocycles. The van der Waals surface area contributed by atoms with Crippen molar-refractivity contribution in [2.24, 2.45) is 10.9 Å². The third-order valence-electron chi connectivity index (χ3n) is 3.62. The highest BCUT2D eigenvalue weighted by Crippen LogP contribution is 2.27. The van der Waals surface area contributed by atoms with E-state index in [9.17, 15) is 0 Å². The van der Waals surface area contributed by atoms with Gasteiger partial charge in [0.15, 0.2) is 5.96 Å². The van der Waals surface area contributed by atoms with Crippen LogP contribution in [-0.4, -0.2) is 49.0 Å². The first-order valence-electron chi connectivity index (χ1n) is 6.17. The fourth-order valence-corrected chi connectivity index (χ4v) is 2.73. The molecule has 0 spiro atoms. The van der Waals surface area contributed by atoms with Crippen LogP contribution in [0.3, 0.4) is 0 Å². The fourth-order valence-electron chi connectivity index (χ4n) is 2.73. The van der Waals surface area contributed by atoms with E-state index in [0.717, 1.165) is 12.5 Å². The summed E-state index contributed by atoms with van der Waals surface area (Å²) in [5, 5.41) is 0. The molecule has 1 saturated carbocycles. The lowest BCUT2D eigenvalue weighted by atomic mass is 10.1. The van der Waals surface area contributed by atoms with Crippen LogP contribution in [0, 0.1) is 5.92 Å². The highest BCUT2D eigenvalue weighted by Gasteiger charge is 2.28. The molecule has 1 aliphatic carbocycles. The average Bonchev–Trinajstić information content (AvgIpc) is 2.78. The second kappa shape index (κ2) is 4.42. The molecule has 0 saturated heterocycles. The van der Waals surface area contributed by atoms with E-state index >= 15 is 0 Å². The molecule has 1 atom stereocenters. The molecule has 15 heavy (non-hydrogen) atoms. The van der Waals surface area contributed by atoms with Gasteiger partial charge in [-0.25, -0.2) is 0 Å². The summed E-state index contributed by atoms with van der Waals surface area (Å²) in [5.74, 6) is 2.10. The zero-order valence-corrected chi connectivity index (χ0v) is 10.2. The SMILES string of the molecule is C[C@H]1CN=C(N(C)C)N1CC1CCCC1. The van der Waals surface area contributed by atoms with Crippen molar-refractivity contribution >= 4 is 5.96 Å². The molecule has 0 bridgehead atoms. The van der Waals surface area contributed by atoms with Crippen LogP contribution in [0.4, 0.5) is 0 Å². The van der Waals surface area contributed by atoms with Gasteiger partial charge in [-0.15, -0.1) is 0 Å². The lowest BCUT2D eigenvalue weighted by Crippen LogP contribution is -2.43. The number of hydrogen-bond donors (Lipinski definition) is 0. The van der Waals surface area contributed by atoms with Crippen LogP contribution in [0.1, 0.15) is 32.6 Å². The van der Waals surface area contributed by atoms with Crippen LogP contribution >= 0.6 is 0 Å². The molecule has 1 heterocycles. The normalized spacial score (nSPS) is 27.3. The highest BCUT2D eigenvalue weighted by atomic mass is 15.4. The molecule has 0 unspecified atom stereocenters. The minimum atomic E-state index is 0.600. The van der Waals surface area contributed by atoms with Gasteiger partial charge in [0.2, 0.25) is 0 Å². The number of guanidine groups is 1. The van der Waals surface area contributed by atoms with E-state index in [1.54, 1.807) is 0 Å². The van der Waals surface area contributed by atoms with Gasteiger partial charge in [0, 0.05) is 26.7 Å². The minimum Gasteiger partial charge on any atom is -0.349 e. The summed E-state index contributed by atoms with van der Waals surface area (Å²) < 4.78 is 0. The van der Waals surface area contributed by atoms with Gasteiger partial charge in [0.25, 0.3) is 0 Å². The Kier molecular flexibility index (Phi) is 3.17. The van der Waals surface area contributed by atoms with Crippen LogP contribution in [0.5, 0.6) is 0 Å². The van der Waals surface area contributed by atoms with Gasteiger partial charge in [-0.05, 0) is 25.7 Å². The minimum absolute atomic E-state index is 0.600. The van der Waals surface area contributed by atoms with Crippen LogP contribution in [0.25, 0.3) is 0 Å². The molecule has 0 aromatic heterocycles. The standard InChI is InChI=1S/C12H23N3/c1-10-8-13-12(14(2)3)15(10)9-11-6-4-5-7-11/h10-11H,4-9H2,1-3H3/t10-/m0/s1. The molecule has 0 aromatic rings. The monoisotopic (exact) mass is 209 g/mol. The first-order chi connectivity index (χ1) is 7.18. The van der Waals surface area contributed by atoms with Gasteiger partial charge >= 0.3 is 0 Å². The summed E-state index contributed by atoms with van der Waals surface area (Å²) in [4.78, 5) is 9.26. The summed E-state index contributed by atoms with van der Waals surface area (Å²) >= 11 is 0. The average molecular weight is 209 g/mol. The molecule has 2 aliphatic rings. The fraction of sp³-hybridized carbons (Fsp3) is 0.917. The Hall–Kier alpha value is -0.730. The number of rotatable bonds is 2. The van der Waals surface area contributed by atoms with E-state index < -0.39 is 0 Å². The Morgan fingerprint density at radius 3 is 2.60 bits per heavy atom. The van der Waals surface area contributed by atoms with Crippen LogP contribution in [0.15, 0.2) is 4.99 Å². The first kappa shape index (κ1) is 10.8. The molecule has 0 aromatic carbocycles. The number of nitrogens with zero attached hydrogens (tertiary/aromatic N) is 3. The van der Waals surface area contributed by atoms with Gasteiger partial charge in [0.1, 0.15) is 0 Å². The lowest BCUT2D eigenvalue weighted by molar-refractivity contribution is 0.281. The smallest absolute Gasteiger partial charge is 0.196 e. The van der Waals surface area contributed by atoms with Gasteiger partial charge < -0.3 is 9.80 Å². The Balaban J connectivity index is 1.96. The van der Waals surface area contributed by atoms with Crippen molar-refractivity contribution in [3.8, 4) is 0 Å². The van der Waals surface area contributed by atoms with Crippen molar-refractivity contribution in [2.75, 3.05) is 27.2 Å². The maximum absolute atomic E-state index is 4.61. The molecule has 86 valence electrons. The molecule has 0 radical (unpaired) electrons. The summed E-state index contributed by atoms with van der Waals surface area (Å²) in [6.45, 7) is 4.48. The Morgan fingerprint density at radius 2 is 2.00 bits per heavy atom. The zero-order chi connectivity index (χ0) is 10.8. The van der Waals surface area contributed by atoms with E-state index in [1.807, 2.05) is 0 Å². The molecule has 1 fully saturated rings. The second-order valence-corrected chi connectivity index (χ2v) is 5.19. The van der Waals surface area contributed by atoms with Crippen molar-refractivity contribution in [3.63, 3.8) is 0 Å². The lowest BCUT2D eigenvalue weighted by Gasteiger charge is -2.31. The molecule has 0 amide bonds. The largest absolute Gasteiger partial charge is 0.349 e.